The average molecular weight is 225 g/mol. The Kier molecular flexibility index (Phi) is 3.72. The van der Waals surface area contributed by atoms with E-state index in [4.69, 9.17) is 0 Å². The van der Waals surface area contributed by atoms with Crippen LogP contribution in [0.3, 0.4) is 0 Å². The van der Waals surface area contributed by atoms with Crippen LogP contribution >= 0.6 is 11.3 Å². The van der Waals surface area contributed by atoms with Gasteiger partial charge in [-0.1, -0.05) is 6.92 Å². The second-order valence-corrected chi connectivity index (χ2v) is 5.42. The first kappa shape index (κ1) is 11.0. The zero-order valence-electron chi connectivity index (χ0n) is 9.44. The van der Waals surface area contributed by atoms with Crippen LogP contribution in [0, 0.1) is 5.92 Å². The number of thiazole rings is 1. The molecule has 0 bridgehead atoms. The quantitative estimate of drug-likeness (QED) is 0.846. The number of hydrogen-bond acceptors (Lipinski definition) is 4. The lowest BCUT2D eigenvalue weighted by molar-refractivity contribution is 0.174. The van der Waals surface area contributed by atoms with E-state index < -0.39 is 0 Å². The monoisotopic (exact) mass is 225 g/mol. The molecule has 0 aliphatic carbocycles. The minimum absolute atomic E-state index is 0.657. The topological polar surface area (TPSA) is 28.2 Å². The molecule has 0 saturated carbocycles. The number of hydrogen-bond donors (Lipinski definition) is 1. The lowest BCUT2D eigenvalue weighted by atomic mass is 9.94. The fourth-order valence-corrected chi connectivity index (χ4v) is 2.78. The molecule has 15 heavy (non-hydrogen) atoms. The molecule has 1 aliphatic heterocycles. The van der Waals surface area contributed by atoms with Crippen molar-refractivity contribution in [2.24, 2.45) is 5.92 Å². The van der Waals surface area contributed by atoms with Crippen LogP contribution < -0.4 is 5.32 Å². The van der Waals surface area contributed by atoms with Crippen molar-refractivity contribution in [3.8, 4) is 0 Å². The highest BCUT2D eigenvalue weighted by atomic mass is 32.1. The van der Waals surface area contributed by atoms with Gasteiger partial charge in [-0.25, -0.2) is 4.98 Å². The third-order valence-corrected chi connectivity index (χ3v) is 3.89. The van der Waals surface area contributed by atoms with Gasteiger partial charge >= 0.3 is 0 Å². The predicted octanol–water partition coefficient (Wildman–Crippen LogP) is 1.57. The van der Waals surface area contributed by atoms with E-state index in [0.29, 0.717) is 6.04 Å². The van der Waals surface area contributed by atoms with Crippen LogP contribution in [0.15, 0.2) is 11.6 Å². The fourth-order valence-electron chi connectivity index (χ4n) is 2.22. The zero-order valence-corrected chi connectivity index (χ0v) is 10.3. The SMILES string of the molecule is CC1CN(C)CCC1NCc1nccs1. The van der Waals surface area contributed by atoms with Crippen LogP contribution in [-0.4, -0.2) is 36.1 Å². The second kappa shape index (κ2) is 5.05. The Labute approximate surface area is 95.5 Å². The lowest BCUT2D eigenvalue weighted by Gasteiger charge is -2.35. The Morgan fingerprint density at radius 3 is 3.20 bits per heavy atom. The smallest absolute Gasteiger partial charge is 0.106 e. The summed E-state index contributed by atoms with van der Waals surface area (Å²) in [4.78, 5) is 6.70. The Bertz CT molecular complexity index is 286. The molecule has 84 valence electrons. The molecular weight excluding hydrogens is 206 g/mol. The van der Waals surface area contributed by atoms with Gasteiger partial charge in [0.15, 0.2) is 0 Å². The van der Waals surface area contributed by atoms with Crippen molar-refractivity contribution in [3.05, 3.63) is 16.6 Å². The van der Waals surface area contributed by atoms with Gasteiger partial charge in [-0.15, -0.1) is 11.3 Å². The van der Waals surface area contributed by atoms with Gasteiger partial charge < -0.3 is 10.2 Å². The van der Waals surface area contributed by atoms with E-state index in [9.17, 15) is 0 Å². The predicted molar refractivity (Wildman–Crippen MR) is 64.0 cm³/mol. The first-order valence-electron chi connectivity index (χ1n) is 5.56. The Hall–Kier alpha value is -0.450. The Morgan fingerprint density at radius 1 is 1.67 bits per heavy atom. The summed E-state index contributed by atoms with van der Waals surface area (Å²) in [6.07, 6.45) is 3.13. The third-order valence-electron chi connectivity index (χ3n) is 3.11. The molecule has 3 nitrogen and oxygen atoms in total. The molecule has 1 aromatic heterocycles. The molecule has 2 atom stereocenters. The Balaban J connectivity index is 1.79. The normalized spacial score (nSPS) is 28.1. The lowest BCUT2D eigenvalue weighted by Crippen LogP contribution is -2.46. The zero-order chi connectivity index (χ0) is 10.7. The summed E-state index contributed by atoms with van der Waals surface area (Å²) >= 11 is 1.73. The van der Waals surface area contributed by atoms with Crippen molar-refractivity contribution in [2.75, 3.05) is 20.1 Å². The highest BCUT2D eigenvalue weighted by molar-refractivity contribution is 7.09. The largest absolute Gasteiger partial charge is 0.307 e. The third kappa shape index (κ3) is 3.00. The molecular formula is C11H19N3S. The van der Waals surface area contributed by atoms with Gasteiger partial charge in [0.05, 0.1) is 0 Å². The van der Waals surface area contributed by atoms with Crippen LogP contribution in [-0.2, 0) is 6.54 Å². The number of nitrogens with one attached hydrogen (secondary N) is 1. The van der Waals surface area contributed by atoms with Gasteiger partial charge in [-0.3, -0.25) is 0 Å². The highest BCUT2D eigenvalue weighted by Gasteiger charge is 2.23. The summed E-state index contributed by atoms with van der Waals surface area (Å²) in [5.74, 6) is 0.740. The molecule has 0 spiro atoms. The summed E-state index contributed by atoms with van der Waals surface area (Å²) in [6, 6.07) is 0.657. The van der Waals surface area contributed by atoms with Gasteiger partial charge in [-0.2, -0.15) is 0 Å². The van der Waals surface area contributed by atoms with Gasteiger partial charge in [0.25, 0.3) is 0 Å². The first-order chi connectivity index (χ1) is 7.25. The van der Waals surface area contributed by atoms with Crippen LogP contribution in [0.2, 0.25) is 0 Å². The molecule has 2 heterocycles. The van der Waals surface area contributed by atoms with Gasteiger partial charge in [-0.05, 0) is 25.9 Å². The van der Waals surface area contributed by atoms with Crippen LogP contribution in [0.25, 0.3) is 0 Å². The highest BCUT2D eigenvalue weighted by Crippen LogP contribution is 2.16. The molecule has 1 fully saturated rings. The van der Waals surface area contributed by atoms with Crippen molar-refractivity contribution in [3.63, 3.8) is 0 Å². The van der Waals surface area contributed by atoms with Crippen LogP contribution in [0.1, 0.15) is 18.4 Å². The number of rotatable bonds is 3. The van der Waals surface area contributed by atoms with E-state index in [1.54, 1.807) is 11.3 Å². The number of piperidine rings is 1. The Morgan fingerprint density at radius 2 is 2.53 bits per heavy atom. The van der Waals surface area contributed by atoms with Gasteiger partial charge in [0.1, 0.15) is 5.01 Å². The minimum atomic E-state index is 0.657. The van der Waals surface area contributed by atoms with E-state index in [1.165, 1.54) is 24.5 Å². The minimum Gasteiger partial charge on any atom is -0.307 e. The van der Waals surface area contributed by atoms with E-state index >= 15 is 0 Å². The molecule has 2 unspecified atom stereocenters. The molecule has 4 heteroatoms. The summed E-state index contributed by atoms with van der Waals surface area (Å²) in [5.41, 5.74) is 0. The summed E-state index contributed by atoms with van der Waals surface area (Å²) in [6.45, 7) is 5.67. The summed E-state index contributed by atoms with van der Waals surface area (Å²) < 4.78 is 0. The molecule has 1 aliphatic rings. The average Bonchev–Trinajstić information content (AvgIpc) is 2.69. The maximum absolute atomic E-state index is 4.29. The molecule has 2 rings (SSSR count). The number of nitrogens with zero attached hydrogens (tertiary/aromatic N) is 2. The summed E-state index contributed by atoms with van der Waals surface area (Å²) in [7, 11) is 2.20. The van der Waals surface area contributed by atoms with E-state index in [-0.39, 0.29) is 0 Å². The van der Waals surface area contributed by atoms with Crippen molar-refractivity contribution in [1.29, 1.82) is 0 Å². The number of aromatic nitrogens is 1. The van der Waals surface area contributed by atoms with Crippen LogP contribution in [0.5, 0.6) is 0 Å². The molecule has 0 radical (unpaired) electrons. The van der Waals surface area contributed by atoms with Crippen molar-refractivity contribution < 1.29 is 0 Å². The number of likely N-dealkylation sites (tertiary alicyclic amines) is 1. The van der Waals surface area contributed by atoms with Crippen molar-refractivity contribution in [2.45, 2.75) is 25.9 Å². The maximum atomic E-state index is 4.29. The van der Waals surface area contributed by atoms with Crippen LogP contribution in [0.4, 0.5) is 0 Å². The summed E-state index contributed by atoms with van der Waals surface area (Å²) in [5, 5.41) is 6.85. The molecule has 1 N–H and O–H groups in total. The standard InChI is InChI=1S/C11H19N3S/c1-9-8-14(2)5-3-10(9)13-7-11-12-4-6-15-11/h4,6,9-10,13H,3,5,7-8H2,1-2H3. The van der Waals surface area contributed by atoms with E-state index in [2.05, 4.69) is 29.2 Å². The van der Waals surface area contributed by atoms with Gasteiger partial charge in [0.2, 0.25) is 0 Å². The molecule has 0 amide bonds. The van der Waals surface area contributed by atoms with Crippen molar-refractivity contribution in [1.82, 2.24) is 15.2 Å². The van der Waals surface area contributed by atoms with E-state index in [0.717, 1.165) is 12.5 Å². The first-order valence-corrected chi connectivity index (χ1v) is 6.44. The molecule has 0 aromatic carbocycles. The van der Waals surface area contributed by atoms with Crippen molar-refractivity contribution >= 4 is 11.3 Å². The van der Waals surface area contributed by atoms with Gasteiger partial charge in [0, 0.05) is 30.7 Å². The molecule has 1 aromatic rings. The maximum Gasteiger partial charge on any atom is 0.106 e. The fraction of sp³-hybridized carbons (Fsp3) is 0.727. The van der Waals surface area contributed by atoms with E-state index in [1.807, 2.05) is 11.6 Å². The molecule has 1 saturated heterocycles. The second-order valence-electron chi connectivity index (χ2n) is 4.44.